The molecule has 1 saturated carbocycles. The number of hydrogen-bond donors (Lipinski definition) is 1. The number of nitrogens with one attached hydrogen (secondary N) is 1. The van der Waals surface area contributed by atoms with Gasteiger partial charge < -0.3 is 10.1 Å². The SMILES string of the molecule is CC(C)(C)OC(=O)NC1Cc2cccnc2N(CC2CC2)C1=O. The molecule has 1 aliphatic carbocycles. The first-order valence-electron chi connectivity index (χ1n) is 8.08. The Morgan fingerprint density at radius 2 is 2.17 bits per heavy atom. The van der Waals surface area contributed by atoms with Gasteiger partial charge in [0.05, 0.1) is 0 Å². The molecule has 1 aromatic heterocycles. The first kappa shape index (κ1) is 15.8. The van der Waals surface area contributed by atoms with Crippen molar-refractivity contribution in [3.05, 3.63) is 23.9 Å². The van der Waals surface area contributed by atoms with E-state index < -0.39 is 17.7 Å². The van der Waals surface area contributed by atoms with Gasteiger partial charge in [-0.3, -0.25) is 9.69 Å². The van der Waals surface area contributed by atoms with E-state index in [-0.39, 0.29) is 5.91 Å². The lowest BCUT2D eigenvalue weighted by atomic mass is 10.00. The highest BCUT2D eigenvalue weighted by Crippen LogP contribution is 2.34. The van der Waals surface area contributed by atoms with Crippen LogP contribution in [-0.4, -0.2) is 35.2 Å². The predicted octanol–water partition coefficient (Wildman–Crippen LogP) is 2.27. The van der Waals surface area contributed by atoms with Gasteiger partial charge in [-0.1, -0.05) is 6.07 Å². The average molecular weight is 317 g/mol. The summed E-state index contributed by atoms with van der Waals surface area (Å²) in [6.07, 6.45) is 3.89. The minimum absolute atomic E-state index is 0.103. The maximum atomic E-state index is 12.8. The molecule has 0 saturated heterocycles. The summed E-state index contributed by atoms with van der Waals surface area (Å²) in [5, 5.41) is 2.71. The zero-order valence-electron chi connectivity index (χ0n) is 13.8. The molecule has 23 heavy (non-hydrogen) atoms. The van der Waals surface area contributed by atoms with Crippen molar-refractivity contribution in [3.8, 4) is 0 Å². The van der Waals surface area contributed by atoms with Crippen molar-refractivity contribution in [2.45, 2.75) is 51.7 Å². The number of alkyl carbamates (subject to hydrolysis) is 1. The second kappa shape index (κ2) is 5.83. The summed E-state index contributed by atoms with van der Waals surface area (Å²) in [5.74, 6) is 1.18. The monoisotopic (exact) mass is 317 g/mol. The Hall–Kier alpha value is -2.11. The quantitative estimate of drug-likeness (QED) is 0.928. The number of fused-ring (bicyclic) bond motifs is 1. The topological polar surface area (TPSA) is 71.5 Å². The molecule has 3 rings (SSSR count). The highest BCUT2D eigenvalue weighted by molar-refractivity contribution is 6.00. The van der Waals surface area contributed by atoms with E-state index in [2.05, 4.69) is 10.3 Å². The molecule has 0 radical (unpaired) electrons. The van der Waals surface area contributed by atoms with E-state index >= 15 is 0 Å². The van der Waals surface area contributed by atoms with Crippen molar-refractivity contribution in [2.75, 3.05) is 11.4 Å². The van der Waals surface area contributed by atoms with E-state index in [1.807, 2.05) is 12.1 Å². The van der Waals surface area contributed by atoms with Crippen LogP contribution in [0.1, 0.15) is 39.2 Å². The lowest BCUT2D eigenvalue weighted by Crippen LogP contribution is -2.54. The number of nitrogens with zero attached hydrogens (tertiary/aromatic N) is 2. The Morgan fingerprint density at radius 3 is 2.83 bits per heavy atom. The number of anilines is 1. The third-order valence-corrected chi connectivity index (χ3v) is 3.94. The molecule has 6 nitrogen and oxygen atoms in total. The number of amides is 2. The van der Waals surface area contributed by atoms with Crippen LogP contribution in [-0.2, 0) is 16.0 Å². The summed E-state index contributed by atoms with van der Waals surface area (Å²) in [6, 6.07) is 3.22. The van der Waals surface area contributed by atoms with Crippen LogP contribution in [0.2, 0.25) is 0 Å². The summed E-state index contributed by atoms with van der Waals surface area (Å²) in [6.45, 7) is 6.07. The van der Waals surface area contributed by atoms with Gasteiger partial charge >= 0.3 is 6.09 Å². The largest absolute Gasteiger partial charge is 0.444 e. The molecular weight excluding hydrogens is 294 g/mol. The average Bonchev–Trinajstić information content (AvgIpc) is 3.25. The van der Waals surface area contributed by atoms with Crippen LogP contribution >= 0.6 is 0 Å². The molecule has 1 aliphatic heterocycles. The van der Waals surface area contributed by atoms with Crippen LogP contribution in [0.15, 0.2) is 18.3 Å². The second-order valence-electron chi connectivity index (χ2n) is 7.28. The van der Waals surface area contributed by atoms with Crippen molar-refractivity contribution < 1.29 is 14.3 Å². The fourth-order valence-corrected chi connectivity index (χ4v) is 2.73. The smallest absolute Gasteiger partial charge is 0.408 e. The van der Waals surface area contributed by atoms with Crippen LogP contribution in [0.4, 0.5) is 10.6 Å². The fraction of sp³-hybridized carbons (Fsp3) is 0.588. The number of pyridine rings is 1. The lowest BCUT2D eigenvalue weighted by molar-refractivity contribution is -0.121. The van der Waals surface area contributed by atoms with Gasteiger partial charge in [0.2, 0.25) is 0 Å². The van der Waals surface area contributed by atoms with Gasteiger partial charge in [0, 0.05) is 19.2 Å². The Morgan fingerprint density at radius 1 is 1.43 bits per heavy atom. The third kappa shape index (κ3) is 3.81. The molecule has 124 valence electrons. The van der Waals surface area contributed by atoms with E-state index in [4.69, 9.17) is 4.74 Å². The van der Waals surface area contributed by atoms with Gasteiger partial charge in [-0.2, -0.15) is 0 Å². The van der Waals surface area contributed by atoms with E-state index in [0.29, 0.717) is 18.9 Å². The zero-order chi connectivity index (χ0) is 16.6. The van der Waals surface area contributed by atoms with Gasteiger partial charge in [-0.15, -0.1) is 0 Å². The van der Waals surface area contributed by atoms with Gasteiger partial charge in [-0.25, -0.2) is 9.78 Å². The first-order chi connectivity index (χ1) is 10.8. The summed E-state index contributed by atoms with van der Waals surface area (Å²) >= 11 is 0. The van der Waals surface area contributed by atoms with Crippen molar-refractivity contribution in [1.29, 1.82) is 0 Å². The van der Waals surface area contributed by atoms with Crippen LogP contribution < -0.4 is 10.2 Å². The molecule has 1 atom stereocenters. The highest BCUT2D eigenvalue weighted by atomic mass is 16.6. The predicted molar refractivity (Wildman–Crippen MR) is 86.2 cm³/mol. The number of carbonyl (C=O) groups excluding carboxylic acids is 2. The van der Waals surface area contributed by atoms with Gasteiger partial charge in [0.15, 0.2) is 0 Å². The van der Waals surface area contributed by atoms with E-state index in [9.17, 15) is 9.59 Å². The summed E-state index contributed by atoms with van der Waals surface area (Å²) < 4.78 is 5.27. The maximum Gasteiger partial charge on any atom is 0.408 e. The second-order valence-corrected chi connectivity index (χ2v) is 7.28. The normalized spacial score (nSPS) is 20.9. The minimum atomic E-state index is -0.597. The zero-order valence-corrected chi connectivity index (χ0v) is 13.8. The molecule has 0 aromatic carbocycles. The van der Waals surface area contributed by atoms with Crippen molar-refractivity contribution >= 4 is 17.8 Å². The number of hydrogen-bond acceptors (Lipinski definition) is 4. The molecule has 1 N–H and O–H groups in total. The van der Waals surface area contributed by atoms with Gasteiger partial charge in [0.1, 0.15) is 17.5 Å². The van der Waals surface area contributed by atoms with Gasteiger partial charge in [-0.05, 0) is 51.2 Å². The molecule has 2 aliphatic rings. The summed E-state index contributed by atoms with van der Waals surface area (Å²) in [4.78, 5) is 30.9. The van der Waals surface area contributed by atoms with Crippen molar-refractivity contribution in [3.63, 3.8) is 0 Å². The van der Waals surface area contributed by atoms with Gasteiger partial charge in [0.25, 0.3) is 5.91 Å². The molecule has 6 heteroatoms. The number of carbonyl (C=O) groups is 2. The lowest BCUT2D eigenvalue weighted by Gasteiger charge is -2.33. The fourth-order valence-electron chi connectivity index (χ4n) is 2.73. The molecule has 1 unspecified atom stereocenters. The number of ether oxygens (including phenoxy) is 1. The van der Waals surface area contributed by atoms with E-state index in [0.717, 1.165) is 24.2 Å². The number of aromatic nitrogens is 1. The molecule has 0 spiro atoms. The Balaban J connectivity index is 1.77. The molecule has 0 bridgehead atoms. The van der Waals surface area contributed by atoms with Crippen LogP contribution in [0.3, 0.4) is 0 Å². The van der Waals surface area contributed by atoms with Crippen LogP contribution in [0, 0.1) is 5.92 Å². The van der Waals surface area contributed by atoms with Crippen LogP contribution in [0.5, 0.6) is 0 Å². The Bertz CT molecular complexity index is 620. The minimum Gasteiger partial charge on any atom is -0.444 e. The number of rotatable bonds is 3. The molecule has 2 amide bonds. The maximum absolute atomic E-state index is 12.8. The standard InChI is InChI=1S/C17H23N3O3/c1-17(2,3)23-16(22)19-13-9-12-5-4-8-18-14(12)20(15(13)21)10-11-6-7-11/h4-5,8,11,13H,6-7,9-10H2,1-3H3,(H,19,22). The van der Waals surface area contributed by atoms with Crippen LogP contribution in [0.25, 0.3) is 0 Å². The van der Waals surface area contributed by atoms with Crippen molar-refractivity contribution in [1.82, 2.24) is 10.3 Å². The third-order valence-electron chi connectivity index (χ3n) is 3.94. The summed E-state index contributed by atoms with van der Waals surface area (Å²) in [5.41, 5.74) is 0.392. The molecule has 1 fully saturated rings. The summed E-state index contributed by atoms with van der Waals surface area (Å²) in [7, 11) is 0. The Kier molecular flexibility index (Phi) is 4.00. The van der Waals surface area contributed by atoms with Crippen molar-refractivity contribution in [2.24, 2.45) is 5.92 Å². The van der Waals surface area contributed by atoms with E-state index in [1.54, 1.807) is 31.9 Å². The molecular formula is C17H23N3O3. The highest BCUT2D eigenvalue weighted by Gasteiger charge is 2.38. The first-order valence-corrected chi connectivity index (χ1v) is 8.08. The Labute approximate surface area is 136 Å². The van der Waals surface area contributed by atoms with E-state index in [1.165, 1.54) is 0 Å². The molecule has 1 aromatic rings. The molecule has 2 heterocycles.